The van der Waals surface area contributed by atoms with Crippen LogP contribution < -0.4 is 5.56 Å². The van der Waals surface area contributed by atoms with Crippen LogP contribution in [0.1, 0.15) is 23.2 Å². The van der Waals surface area contributed by atoms with Gasteiger partial charge in [-0.15, -0.1) is 0 Å². The monoisotopic (exact) mass is 392 g/mol. The molecule has 0 saturated carbocycles. The van der Waals surface area contributed by atoms with E-state index in [4.69, 9.17) is 16.1 Å². The molecule has 5 rings (SSSR count). The van der Waals surface area contributed by atoms with Gasteiger partial charge in [-0.05, 0) is 55.0 Å². The highest BCUT2D eigenvalue weighted by Crippen LogP contribution is 2.39. The lowest BCUT2D eigenvalue weighted by molar-refractivity contribution is 0.421. The Balaban J connectivity index is 1.74. The van der Waals surface area contributed by atoms with E-state index in [0.717, 1.165) is 24.0 Å². The number of hydrogen-bond donors (Lipinski definition) is 2. The van der Waals surface area contributed by atoms with E-state index in [1.54, 1.807) is 19.1 Å². The highest BCUT2D eigenvalue weighted by molar-refractivity contribution is 6.34. The zero-order valence-corrected chi connectivity index (χ0v) is 15.9. The van der Waals surface area contributed by atoms with Crippen LogP contribution in [0.5, 0.6) is 5.75 Å². The molecule has 2 heterocycles. The molecule has 0 bridgehead atoms. The van der Waals surface area contributed by atoms with E-state index in [9.17, 15) is 9.90 Å². The van der Waals surface area contributed by atoms with Crippen LogP contribution in [0.25, 0.3) is 33.4 Å². The number of aromatic nitrogens is 2. The summed E-state index contributed by atoms with van der Waals surface area (Å²) in [5.74, 6) is 0.0844. The number of benzene rings is 2. The summed E-state index contributed by atoms with van der Waals surface area (Å²) >= 11 is 6.52. The summed E-state index contributed by atoms with van der Waals surface area (Å²) in [7, 11) is 0. The maximum Gasteiger partial charge on any atom is 0.263 e. The Labute approximate surface area is 165 Å². The van der Waals surface area contributed by atoms with Crippen LogP contribution in [0.15, 0.2) is 45.7 Å². The van der Waals surface area contributed by atoms with Crippen LogP contribution in [0, 0.1) is 6.92 Å². The average Bonchev–Trinajstić information content (AvgIpc) is 3.29. The molecule has 5 nitrogen and oxygen atoms in total. The van der Waals surface area contributed by atoms with Crippen molar-refractivity contribution >= 4 is 22.5 Å². The number of halogens is 1. The topological polar surface area (TPSA) is 79.1 Å². The van der Waals surface area contributed by atoms with Crippen molar-refractivity contribution < 1.29 is 9.63 Å². The number of aromatic hydroxyl groups is 1. The summed E-state index contributed by atoms with van der Waals surface area (Å²) in [6.45, 7) is 1.75. The van der Waals surface area contributed by atoms with Gasteiger partial charge in [-0.3, -0.25) is 4.79 Å². The minimum absolute atomic E-state index is 0.0651. The lowest BCUT2D eigenvalue weighted by Crippen LogP contribution is -2.09. The van der Waals surface area contributed by atoms with Gasteiger partial charge >= 0.3 is 0 Å². The number of nitrogens with one attached hydrogen (secondary N) is 1. The lowest BCUT2D eigenvalue weighted by Gasteiger charge is -2.11. The molecule has 0 fully saturated rings. The smallest absolute Gasteiger partial charge is 0.263 e. The largest absolute Gasteiger partial charge is 0.506 e. The van der Waals surface area contributed by atoms with Crippen LogP contribution in [0.4, 0.5) is 0 Å². The van der Waals surface area contributed by atoms with Crippen LogP contribution in [0.2, 0.25) is 5.02 Å². The molecule has 140 valence electrons. The molecule has 6 heteroatoms. The molecule has 1 aliphatic carbocycles. The molecule has 2 aromatic heterocycles. The fourth-order valence-corrected chi connectivity index (χ4v) is 4.24. The Hall–Kier alpha value is -3.05. The molecule has 1 aliphatic rings. The number of pyridine rings is 1. The third-order valence-corrected chi connectivity index (χ3v) is 5.67. The summed E-state index contributed by atoms with van der Waals surface area (Å²) in [6, 6.07) is 11.5. The van der Waals surface area contributed by atoms with Gasteiger partial charge in [0.2, 0.25) is 0 Å². The Morgan fingerprint density at radius 2 is 1.96 bits per heavy atom. The number of aryl methyl sites for hydroxylation is 3. The van der Waals surface area contributed by atoms with Gasteiger partial charge in [0.25, 0.3) is 5.56 Å². The Morgan fingerprint density at radius 1 is 1.14 bits per heavy atom. The molecule has 0 spiro atoms. The van der Waals surface area contributed by atoms with Crippen LogP contribution in [0.3, 0.4) is 0 Å². The van der Waals surface area contributed by atoms with Crippen LogP contribution in [-0.2, 0) is 12.8 Å². The number of aromatic amines is 1. The summed E-state index contributed by atoms with van der Waals surface area (Å²) in [4.78, 5) is 15.3. The molecular formula is C22H17ClN2O3. The van der Waals surface area contributed by atoms with E-state index >= 15 is 0 Å². The van der Waals surface area contributed by atoms with Crippen molar-refractivity contribution in [1.29, 1.82) is 0 Å². The molecule has 0 amide bonds. The minimum atomic E-state index is -0.456. The fraction of sp³-hybridized carbons (Fsp3) is 0.182. The highest BCUT2D eigenvalue weighted by Gasteiger charge is 2.20. The van der Waals surface area contributed by atoms with Gasteiger partial charge in [0.1, 0.15) is 11.3 Å². The Morgan fingerprint density at radius 3 is 2.75 bits per heavy atom. The molecule has 0 saturated heterocycles. The van der Waals surface area contributed by atoms with E-state index in [0.29, 0.717) is 21.6 Å². The van der Waals surface area contributed by atoms with Gasteiger partial charge in [0.15, 0.2) is 5.76 Å². The van der Waals surface area contributed by atoms with Gasteiger partial charge in [0, 0.05) is 17.0 Å². The normalized spacial score (nSPS) is 13.2. The Bertz CT molecular complexity index is 1300. The van der Waals surface area contributed by atoms with E-state index in [-0.39, 0.29) is 17.1 Å². The average molecular weight is 393 g/mol. The molecule has 28 heavy (non-hydrogen) atoms. The van der Waals surface area contributed by atoms with Crippen molar-refractivity contribution in [3.05, 3.63) is 68.6 Å². The molecule has 0 unspecified atom stereocenters. The summed E-state index contributed by atoms with van der Waals surface area (Å²) in [6.07, 6.45) is 3.36. The van der Waals surface area contributed by atoms with Gasteiger partial charge in [0.05, 0.1) is 16.2 Å². The van der Waals surface area contributed by atoms with Crippen LogP contribution in [-0.4, -0.2) is 15.2 Å². The zero-order valence-electron chi connectivity index (χ0n) is 15.2. The number of rotatable bonds is 2. The van der Waals surface area contributed by atoms with Crippen molar-refractivity contribution in [2.75, 3.05) is 0 Å². The van der Waals surface area contributed by atoms with E-state index in [1.807, 2.05) is 6.07 Å². The van der Waals surface area contributed by atoms with E-state index in [2.05, 4.69) is 28.3 Å². The Kier molecular flexibility index (Phi) is 3.81. The SMILES string of the molecule is Cc1cc(-c2c(O)c3cc(-c4ccc5c(c4)CCC5)c(Cl)cc3[nH]c2=O)on1. The second-order valence-electron chi connectivity index (χ2n) is 7.22. The van der Waals surface area contributed by atoms with Crippen molar-refractivity contribution in [3.8, 4) is 28.2 Å². The zero-order chi connectivity index (χ0) is 19.4. The first kappa shape index (κ1) is 17.1. The van der Waals surface area contributed by atoms with Crippen molar-refractivity contribution in [2.24, 2.45) is 0 Å². The summed E-state index contributed by atoms with van der Waals surface area (Å²) in [5, 5.41) is 15.7. The van der Waals surface area contributed by atoms with Gasteiger partial charge in [-0.2, -0.15) is 0 Å². The number of nitrogens with zero attached hydrogens (tertiary/aromatic N) is 1. The quantitative estimate of drug-likeness (QED) is 0.502. The number of H-pyrrole nitrogens is 1. The first-order valence-corrected chi connectivity index (χ1v) is 9.53. The van der Waals surface area contributed by atoms with Crippen LogP contribution >= 0.6 is 11.6 Å². The molecule has 0 atom stereocenters. The predicted molar refractivity (Wildman–Crippen MR) is 109 cm³/mol. The van der Waals surface area contributed by atoms with Gasteiger partial charge < -0.3 is 14.6 Å². The van der Waals surface area contributed by atoms with Gasteiger partial charge in [-0.1, -0.05) is 35.0 Å². The predicted octanol–water partition coefficient (Wildman–Crippen LogP) is 5.01. The van der Waals surface area contributed by atoms with Crippen molar-refractivity contribution in [2.45, 2.75) is 26.2 Å². The molecule has 0 radical (unpaired) electrons. The first-order valence-electron chi connectivity index (χ1n) is 9.15. The van der Waals surface area contributed by atoms with Crippen molar-refractivity contribution in [1.82, 2.24) is 10.1 Å². The number of fused-ring (bicyclic) bond motifs is 2. The standard InChI is InChI=1S/C22H17ClN2O3/c1-11-7-19(28-25-11)20-21(26)16-9-15(17(23)10-18(16)24-22(20)27)14-6-5-12-3-2-4-13(12)8-14/h5-10H,2-4H2,1H3,(H2,24,26,27). The third kappa shape index (κ3) is 2.62. The highest BCUT2D eigenvalue weighted by atomic mass is 35.5. The molecule has 2 aromatic carbocycles. The molecule has 2 N–H and O–H groups in total. The van der Waals surface area contributed by atoms with Gasteiger partial charge in [-0.25, -0.2) is 0 Å². The summed E-state index contributed by atoms with van der Waals surface area (Å²) < 4.78 is 5.19. The maximum atomic E-state index is 12.5. The molecule has 0 aliphatic heterocycles. The summed E-state index contributed by atoms with van der Waals surface area (Å²) in [5.41, 5.74) is 5.24. The van der Waals surface area contributed by atoms with E-state index in [1.165, 1.54) is 17.5 Å². The maximum absolute atomic E-state index is 12.5. The van der Waals surface area contributed by atoms with Crippen molar-refractivity contribution in [3.63, 3.8) is 0 Å². The second kappa shape index (κ2) is 6.24. The molecule has 4 aromatic rings. The van der Waals surface area contributed by atoms with E-state index < -0.39 is 5.56 Å². The first-order chi connectivity index (χ1) is 13.5. The lowest BCUT2D eigenvalue weighted by atomic mass is 9.98. The minimum Gasteiger partial charge on any atom is -0.506 e. The second-order valence-corrected chi connectivity index (χ2v) is 7.63. The molecular weight excluding hydrogens is 376 g/mol. The fourth-order valence-electron chi connectivity index (χ4n) is 3.97. The number of hydrogen-bond acceptors (Lipinski definition) is 4. The third-order valence-electron chi connectivity index (χ3n) is 5.36.